The Morgan fingerprint density at radius 2 is 1.85 bits per heavy atom. The van der Waals surface area contributed by atoms with E-state index in [9.17, 15) is 13.2 Å². The summed E-state index contributed by atoms with van der Waals surface area (Å²) in [7, 11) is -2.64. The number of carbonyl (C=O) groups excluding carboxylic acids is 1. The number of ether oxygens (including phenoxy) is 2. The summed E-state index contributed by atoms with van der Waals surface area (Å²) in [5.74, 6) is -0.338. The van der Waals surface area contributed by atoms with Crippen molar-refractivity contribution in [1.29, 1.82) is 0 Å². The zero-order valence-electron chi connectivity index (χ0n) is 15.4. The third-order valence-electron chi connectivity index (χ3n) is 3.87. The van der Waals surface area contributed by atoms with Crippen molar-refractivity contribution in [1.82, 2.24) is 4.72 Å². The SMILES string of the molecule is CCOC(=O)C[C@@H](NS(=O)(=O)c1cc(Cl)ccc1OC)c1ccc(C)cc1. The van der Waals surface area contributed by atoms with Gasteiger partial charge in [0.25, 0.3) is 0 Å². The molecule has 2 aromatic carbocycles. The molecule has 1 N–H and O–H groups in total. The lowest BCUT2D eigenvalue weighted by atomic mass is 10.0. The molecular weight excluding hydrogens is 390 g/mol. The number of halogens is 1. The molecule has 0 spiro atoms. The number of methoxy groups -OCH3 is 1. The van der Waals surface area contributed by atoms with E-state index in [2.05, 4.69) is 4.72 Å². The van der Waals surface area contributed by atoms with E-state index >= 15 is 0 Å². The number of rotatable bonds is 8. The van der Waals surface area contributed by atoms with Gasteiger partial charge in [-0.15, -0.1) is 0 Å². The summed E-state index contributed by atoms with van der Waals surface area (Å²) in [5.41, 5.74) is 1.67. The monoisotopic (exact) mass is 411 g/mol. The van der Waals surface area contributed by atoms with Crippen LogP contribution in [0.15, 0.2) is 47.4 Å². The smallest absolute Gasteiger partial charge is 0.307 e. The van der Waals surface area contributed by atoms with Gasteiger partial charge in [0.1, 0.15) is 10.6 Å². The summed E-state index contributed by atoms with van der Waals surface area (Å²) in [5, 5.41) is 0.258. The molecule has 0 unspecified atom stereocenters. The van der Waals surface area contributed by atoms with Gasteiger partial charge in [0.05, 0.1) is 26.2 Å². The second-order valence-corrected chi connectivity index (χ2v) is 8.01. The van der Waals surface area contributed by atoms with Crippen LogP contribution in [0.25, 0.3) is 0 Å². The first-order chi connectivity index (χ1) is 12.8. The van der Waals surface area contributed by atoms with Crippen LogP contribution in [0.5, 0.6) is 5.75 Å². The molecule has 0 saturated carbocycles. The van der Waals surface area contributed by atoms with E-state index in [-0.39, 0.29) is 28.7 Å². The fourth-order valence-corrected chi connectivity index (χ4v) is 4.18. The Morgan fingerprint density at radius 3 is 2.44 bits per heavy atom. The number of aryl methyl sites for hydroxylation is 1. The van der Waals surface area contributed by atoms with Crippen molar-refractivity contribution in [3.63, 3.8) is 0 Å². The molecule has 0 aliphatic rings. The third kappa shape index (κ3) is 5.69. The number of esters is 1. The van der Waals surface area contributed by atoms with Crippen molar-refractivity contribution in [2.75, 3.05) is 13.7 Å². The molecule has 0 aromatic heterocycles. The molecule has 0 amide bonds. The fourth-order valence-electron chi connectivity index (χ4n) is 2.52. The van der Waals surface area contributed by atoms with Gasteiger partial charge < -0.3 is 9.47 Å². The highest BCUT2D eigenvalue weighted by Gasteiger charge is 2.27. The summed E-state index contributed by atoms with van der Waals surface area (Å²) in [4.78, 5) is 11.9. The second kappa shape index (κ2) is 9.21. The molecule has 0 heterocycles. The molecule has 2 aromatic rings. The molecule has 8 heteroatoms. The number of hydrogen-bond acceptors (Lipinski definition) is 5. The molecule has 0 saturated heterocycles. The Bertz CT molecular complexity index is 897. The Balaban J connectivity index is 2.39. The first kappa shape index (κ1) is 21.2. The summed E-state index contributed by atoms with van der Waals surface area (Å²) in [6, 6.07) is 10.8. The maximum absolute atomic E-state index is 13.0. The number of carbonyl (C=O) groups is 1. The predicted molar refractivity (Wildman–Crippen MR) is 103 cm³/mol. The van der Waals surface area contributed by atoms with Crippen LogP contribution in [0.1, 0.15) is 30.5 Å². The minimum atomic E-state index is -4.01. The van der Waals surface area contributed by atoms with E-state index in [0.29, 0.717) is 5.56 Å². The van der Waals surface area contributed by atoms with Gasteiger partial charge in [-0.1, -0.05) is 41.4 Å². The van der Waals surface area contributed by atoms with Crippen molar-refractivity contribution in [2.24, 2.45) is 0 Å². The van der Waals surface area contributed by atoms with E-state index in [1.807, 2.05) is 19.1 Å². The van der Waals surface area contributed by atoms with E-state index < -0.39 is 22.0 Å². The molecule has 27 heavy (non-hydrogen) atoms. The summed E-state index contributed by atoms with van der Waals surface area (Å²) in [6.07, 6.45) is -0.140. The van der Waals surface area contributed by atoms with Gasteiger partial charge in [-0.05, 0) is 37.6 Å². The average molecular weight is 412 g/mol. The molecule has 0 fully saturated rings. The van der Waals surface area contributed by atoms with Crippen molar-refractivity contribution in [2.45, 2.75) is 31.2 Å². The van der Waals surface area contributed by atoms with Gasteiger partial charge in [0, 0.05) is 5.02 Å². The van der Waals surface area contributed by atoms with Gasteiger partial charge in [-0.3, -0.25) is 4.79 Å². The van der Waals surface area contributed by atoms with Crippen molar-refractivity contribution >= 4 is 27.6 Å². The van der Waals surface area contributed by atoms with Gasteiger partial charge >= 0.3 is 5.97 Å². The first-order valence-electron chi connectivity index (χ1n) is 8.35. The topological polar surface area (TPSA) is 81.7 Å². The Labute approximate surface area is 164 Å². The van der Waals surface area contributed by atoms with Crippen LogP contribution in [0.4, 0.5) is 0 Å². The molecule has 0 radical (unpaired) electrons. The maximum atomic E-state index is 13.0. The Morgan fingerprint density at radius 1 is 1.19 bits per heavy atom. The molecule has 2 rings (SSSR count). The lowest BCUT2D eigenvalue weighted by molar-refractivity contribution is -0.143. The number of nitrogens with one attached hydrogen (secondary N) is 1. The molecule has 146 valence electrons. The standard InChI is InChI=1S/C19H22ClNO5S/c1-4-26-19(22)12-16(14-7-5-13(2)6-8-14)21-27(23,24)18-11-15(20)9-10-17(18)25-3/h5-11,16,21H,4,12H2,1-3H3/t16-/m1/s1. The lowest BCUT2D eigenvalue weighted by Gasteiger charge is -2.20. The lowest BCUT2D eigenvalue weighted by Crippen LogP contribution is -2.31. The molecule has 0 aliphatic heterocycles. The van der Waals surface area contributed by atoms with Crippen LogP contribution < -0.4 is 9.46 Å². The average Bonchev–Trinajstić information content (AvgIpc) is 2.62. The zero-order chi connectivity index (χ0) is 20.0. The number of hydrogen-bond donors (Lipinski definition) is 1. The minimum Gasteiger partial charge on any atom is -0.495 e. The Hall–Kier alpha value is -2.09. The van der Waals surface area contributed by atoms with Crippen LogP contribution in [-0.4, -0.2) is 28.1 Å². The van der Waals surface area contributed by atoms with Crippen LogP contribution >= 0.6 is 11.6 Å². The quantitative estimate of drug-likeness (QED) is 0.671. The van der Waals surface area contributed by atoms with Crippen LogP contribution in [-0.2, 0) is 19.6 Å². The van der Waals surface area contributed by atoms with Gasteiger partial charge in [0.2, 0.25) is 10.0 Å². The predicted octanol–water partition coefficient (Wildman–Crippen LogP) is 3.63. The van der Waals surface area contributed by atoms with Gasteiger partial charge in [-0.25, -0.2) is 13.1 Å². The fraction of sp³-hybridized carbons (Fsp3) is 0.316. The van der Waals surface area contributed by atoms with Crippen LogP contribution in [0, 0.1) is 6.92 Å². The summed E-state index contributed by atoms with van der Waals surface area (Å²) < 4.78 is 38.6. The highest BCUT2D eigenvalue weighted by atomic mass is 35.5. The van der Waals surface area contributed by atoms with E-state index in [4.69, 9.17) is 21.1 Å². The second-order valence-electron chi connectivity index (χ2n) is 5.89. The van der Waals surface area contributed by atoms with Crippen molar-refractivity contribution in [3.05, 3.63) is 58.6 Å². The zero-order valence-corrected chi connectivity index (χ0v) is 16.9. The highest BCUT2D eigenvalue weighted by Crippen LogP contribution is 2.29. The van der Waals surface area contributed by atoms with Crippen LogP contribution in [0.2, 0.25) is 5.02 Å². The molecule has 6 nitrogen and oxygen atoms in total. The van der Waals surface area contributed by atoms with E-state index in [0.717, 1.165) is 5.56 Å². The highest BCUT2D eigenvalue weighted by molar-refractivity contribution is 7.89. The van der Waals surface area contributed by atoms with Crippen molar-refractivity contribution < 1.29 is 22.7 Å². The minimum absolute atomic E-state index is 0.0986. The normalized spacial score (nSPS) is 12.4. The van der Waals surface area contributed by atoms with Gasteiger partial charge in [0.15, 0.2) is 0 Å². The molecule has 0 bridgehead atoms. The Kier molecular flexibility index (Phi) is 7.24. The molecule has 0 aliphatic carbocycles. The number of benzene rings is 2. The molecule has 1 atom stereocenters. The van der Waals surface area contributed by atoms with Crippen LogP contribution in [0.3, 0.4) is 0 Å². The molecular formula is C19H22ClNO5S. The first-order valence-corrected chi connectivity index (χ1v) is 10.2. The van der Waals surface area contributed by atoms with E-state index in [1.54, 1.807) is 19.1 Å². The third-order valence-corrected chi connectivity index (χ3v) is 5.60. The van der Waals surface area contributed by atoms with Gasteiger partial charge in [-0.2, -0.15) is 0 Å². The number of sulfonamides is 1. The summed E-state index contributed by atoms with van der Waals surface area (Å²) >= 11 is 5.95. The van der Waals surface area contributed by atoms with E-state index in [1.165, 1.54) is 25.3 Å². The summed E-state index contributed by atoms with van der Waals surface area (Å²) in [6.45, 7) is 3.83. The maximum Gasteiger partial charge on any atom is 0.307 e. The largest absolute Gasteiger partial charge is 0.495 e. The van der Waals surface area contributed by atoms with Crippen molar-refractivity contribution in [3.8, 4) is 5.75 Å².